The maximum Gasteiger partial charge on any atom is 0.247 e. The van der Waals surface area contributed by atoms with Crippen LogP contribution in [0.1, 0.15) is 44.0 Å². The molecule has 6 rings (SSSR count). The molecule has 1 amide bonds. The lowest BCUT2D eigenvalue weighted by molar-refractivity contribution is -0.136. The molecule has 12 heteroatoms. The van der Waals surface area contributed by atoms with Crippen LogP contribution < -0.4 is 10.6 Å². The molecule has 0 unspecified atom stereocenters. The van der Waals surface area contributed by atoms with Gasteiger partial charge in [-0.05, 0) is 38.0 Å². The van der Waals surface area contributed by atoms with Gasteiger partial charge in [0.1, 0.15) is 12.1 Å². The molecule has 0 radical (unpaired) electrons. The molecule has 0 bridgehead atoms. The lowest BCUT2D eigenvalue weighted by Crippen LogP contribution is -2.61. The van der Waals surface area contributed by atoms with Gasteiger partial charge in [-0.1, -0.05) is 0 Å². The molecule has 2 saturated heterocycles. The molecule has 2 N–H and O–H groups in total. The monoisotopic (exact) mass is 523 g/mol. The van der Waals surface area contributed by atoms with Gasteiger partial charge in [0.2, 0.25) is 11.9 Å². The van der Waals surface area contributed by atoms with E-state index < -0.39 is 0 Å². The Morgan fingerprint density at radius 2 is 1.95 bits per heavy atom. The summed E-state index contributed by atoms with van der Waals surface area (Å²) < 4.78 is 3.71. The summed E-state index contributed by atoms with van der Waals surface area (Å²) in [7, 11) is 0. The van der Waals surface area contributed by atoms with E-state index in [1.165, 1.54) is 10.7 Å². The molecule has 4 aromatic rings. The lowest BCUT2D eigenvalue weighted by Gasteiger charge is -2.47. The van der Waals surface area contributed by atoms with Crippen molar-refractivity contribution in [2.45, 2.75) is 38.8 Å². The van der Waals surface area contributed by atoms with E-state index in [1.54, 1.807) is 6.92 Å². The van der Waals surface area contributed by atoms with Crippen LogP contribution in [-0.2, 0) is 4.79 Å². The summed E-state index contributed by atoms with van der Waals surface area (Å²) in [6.07, 6.45) is 5.43. The van der Waals surface area contributed by atoms with E-state index in [0.29, 0.717) is 47.3 Å². The largest absolute Gasteiger partial charge is 0.367 e. The number of nitrogens with zero attached hydrogens (tertiary/aromatic N) is 9. The van der Waals surface area contributed by atoms with Gasteiger partial charge in [-0.15, -0.1) is 5.10 Å². The van der Waals surface area contributed by atoms with Crippen molar-refractivity contribution in [2.24, 2.45) is 0 Å². The van der Waals surface area contributed by atoms with Gasteiger partial charge >= 0.3 is 0 Å². The highest BCUT2D eigenvalue weighted by molar-refractivity contribution is 5.90. The van der Waals surface area contributed by atoms with Crippen molar-refractivity contribution in [2.75, 3.05) is 43.4 Å². The Labute approximate surface area is 225 Å². The summed E-state index contributed by atoms with van der Waals surface area (Å²) >= 11 is 0. The number of aromatic nitrogens is 5. The molecule has 39 heavy (non-hydrogen) atoms. The average molecular weight is 524 g/mol. The van der Waals surface area contributed by atoms with Crippen molar-refractivity contribution in [3.05, 3.63) is 41.9 Å². The molecule has 2 aliphatic heterocycles. The van der Waals surface area contributed by atoms with E-state index in [1.807, 2.05) is 36.2 Å². The second-order valence-electron chi connectivity index (χ2n) is 10.1. The number of likely N-dealkylation sites (tertiary alicyclic amines) is 2. The Morgan fingerprint density at radius 1 is 1.15 bits per heavy atom. The minimum Gasteiger partial charge on any atom is -0.367 e. The number of carbonyl (C=O) groups is 1. The third-order valence-corrected chi connectivity index (χ3v) is 7.75. The number of amides is 1. The smallest absolute Gasteiger partial charge is 0.247 e. The van der Waals surface area contributed by atoms with E-state index in [-0.39, 0.29) is 5.91 Å². The molecule has 2 fully saturated rings. The van der Waals surface area contributed by atoms with Crippen LogP contribution in [0, 0.1) is 22.7 Å². The summed E-state index contributed by atoms with van der Waals surface area (Å²) in [4.78, 5) is 24.7. The quantitative estimate of drug-likeness (QED) is 0.390. The first-order valence-electron chi connectivity index (χ1n) is 13.2. The van der Waals surface area contributed by atoms with Crippen LogP contribution in [0.3, 0.4) is 0 Å². The topological polar surface area (TPSA) is 143 Å². The molecule has 0 aliphatic carbocycles. The number of carbonyl (C=O) groups excluding carboxylic acids is 1. The minimum absolute atomic E-state index is 0.150. The molecule has 0 saturated carbocycles. The fourth-order valence-electron chi connectivity index (χ4n) is 5.62. The zero-order chi connectivity index (χ0) is 27.1. The second kappa shape index (κ2) is 9.89. The normalized spacial score (nSPS) is 16.7. The molecule has 198 valence electrons. The van der Waals surface area contributed by atoms with Crippen molar-refractivity contribution in [1.82, 2.24) is 33.9 Å². The predicted molar refractivity (Wildman–Crippen MR) is 145 cm³/mol. The first kappa shape index (κ1) is 24.6. The lowest BCUT2D eigenvalue weighted by atomic mass is 9.99. The van der Waals surface area contributed by atoms with Crippen LogP contribution in [-0.4, -0.2) is 78.6 Å². The molecular weight excluding hydrogens is 494 g/mol. The SMILES string of the molecule is CCNc1nc(Nc2ccc3c(c2)c(C#N)cn3C2CCN(C3CN(C(C)=O)C3)CC2)nn2c(C#N)cnc12. The number of imidazole rings is 1. The molecule has 0 atom stereocenters. The van der Waals surface area contributed by atoms with Gasteiger partial charge in [0, 0.05) is 74.5 Å². The number of anilines is 3. The Balaban J connectivity index is 1.23. The fraction of sp³-hybridized carbons (Fsp3) is 0.407. The average Bonchev–Trinajstić information content (AvgIpc) is 3.49. The predicted octanol–water partition coefficient (Wildman–Crippen LogP) is 2.87. The Hall–Kier alpha value is -4.68. The van der Waals surface area contributed by atoms with Crippen molar-refractivity contribution in [1.29, 1.82) is 10.5 Å². The minimum atomic E-state index is 0.150. The number of fused-ring (bicyclic) bond motifs is 2. The van der Waals surface area contributed by atoms with Crippen LogP contribution >= 0.6 is 0 Å². The molecule has 0 spiro atoms. The summed E-state index contributed by atoms with van der Waals surface area (Å²) in [6.45, 7) is 7.84. The number of nitriles is 2. The maximum absolute atomic E-state index is 11.5. The van der Waals surface area contributed by atoms with E-state index in [4.69, 9.17) is 0 Å². The van der Waals surface area contributed by atoms with E-state index in [0.717, 1.165) is 55.6 Å². The first-order chi connectivity index (χ1) is 19.0. The summed E-state index contributed by atoms with van der Waals surface area (Å²) in [6, 6.07) is 11.2. The Morgan fingerprint density at radius 3 is 2.64 bits per heavy atom. The van der Waals surface area contributed by atoms with Crippen LogP contribution in [0.4, 0.5) is 17.5 Å². The van der Waals surface area contributed by atoms with Gasteiger partial charge in [-0.3, -0.25) is 9.69 Å². The van der Waals surface area contributed by atoms with Gasteiger partial charge < -0.3 is 20.1 Å². The Kier molecular flexibility index (Phi) is 6.25. The third kappa shape index (κ3) is 4.39. The van der Waals surface area contributed by atoms with Crippen molar-refractivity contribution in [3.8, 4) is 12.1 Å². The number of piperidine rings is 1. The Bertz CT molecular complexity index is 1640. The summed E-state index contributed by atoms with van der Waals surface area (Å²) in [5.74, 6) is 0.997. The maximum atomic E-state index is 11.5. The molecule has 3 aromatic heterocycles. The number of nitrogens with one attached hydrogen (secondary N) is 2. The van der Waals surface area contributed by atoms with E-state index in [9.17, 15) is 15.3 Å². The molecule has 1 aromatic carbocycles. The zero-order valence-corrected chi connectivity index (χ0v) is 21.9. The standard InChI is InChI=1S/C27H29N11O/c1-3-30-25-26-31-13-21(12-29)38(26)34-27(33-25)32-19-4-5-24-23(10-19)18(11-28)14-37(24)20-6-8-35(9-7-20)22-15-36(16-22)17(2)39/h4-5,10,13-14,20,22H,3,6-9,15-16H2,1-2H3,(H2,30,32,33,34). The second-order valence-corrected chi connectivity index (χ2v) is 10.1. The zero-order valence-electron chi connectivity index (χ0n) is 21.9. The fourth-order valence-corrected chi connectivity index (χ4v) is 5.62. The molecule has 12 nitrogen and oxygen atoms in total. The van der Waals surface area contributed by atoms with Crippen molar-refractivity contribution < 1.29 is 4.79 Å². The van der Waals surface area contributed by atoms with Gasteiger partial charge in [0.05, 0.1) is 11.8 Å². The molecule has 5 heterocycles. The van der Waals surface area contributed by atoms with Crippen LogP contribution in [0.15, 0.2) is 30.6 Å². The molecular formula is C27H29N11O. The van der Waals surface area contributed by atoms with Crippen LogP contribution in [0.5, 0.6) is 0 Å². The van der Waals surface area contributed by atoms with Gasteiger partial charge in [-0.25, -0.2) is 4.98 Å². The number of hydrogen-bond donors (Lipinski definition) is 2. The highest BCUT2D eigenvalue weighted by atomic mass is 16.2. The highest BCUT2D eigenvalue weighted by Gasteiger charge is 2.35. The van der Waals surface area contributed by atoms with E-state index >= 15 is 0 Å². The third-order valence-electron chi connectivity index (χ3n) is 7.75. The van der Waals surface area contributed by atoms with Crippen LogP contribution in [0.25, 0.3) is 16.6 Å². The van der Waals surface area contributed by atoms with Gasteiger partial charge in [-0.2, -0.15) is 20.0 Å². The van der Waals surface area contributed by atoms with Gasteiger partial charge in [0.15, 0.2) is 17.2 Å². The number of benzene rings is 1. The van der Waals surface area contributed by atoms with Crippen molar-refractivity contribution in [3.63, 3.8) is 0 Å². The highest BCUT2D eigenvalue weighted by Crippen LogP contribution is 2.33. The summed E-state index contributed by atoms with van der Waals surface area (Å²) in [5.41, 5.74) is 3.18. The first-order valence-corrected chi connectivity index (χ1v) is 13.2. The number of hydrogen-bond acceptors (Lipinski definition) is 9. The van der Waals surface area contributed by atoms with Gasteiger partial charge in [0.25, 0.3) is 0 Å². The summed E-state index contributed by atoms with van der Waals surface area (Å²) in [5, 5.41) is 31.1. The number of rotatable bonds is 6. The van der Waals surface area contributed by atoms with Crippen LogP contribution in [0.2, 0.25) is 0 Å². The van der Waals surface area contributed by atoms with E-state index in [2.05, 4.69) is 47.3 Å². The molecule has 2 aliphatic rings. The van der Waals surface area contributed by atoms with Crippen molar-refractivity contribution >= 4 is 39.9 Å².